The Labute approximate surface area is 66.9 Å². The van der Waals surface area contributed by atoms with Gasteiger partial charge in [0, 0.05) is 6.92 Å². The third-order valence-electron chi connectivity index (χ3n) is 0.877. The van der Waals surface area contributed by atoms with E-state index in [1.165, 1.54) is 6.92 Å². The lowest BCUT2D eigenvalue weighted by atomic mass is 10.4. The molecule has 0 bridgehead atoms. The van der Waals surface area contributed by atoms with Gasteiger partial charge in [-0.2, -0.15) is 0 Å². The Morgan fingerprint density at radius 1 is 1.45 bits per heavy atom. The van der Waals surface area contributed by atoms with Crippen LogP contribution in [-0.4, -0.2) is 12.6 Å². The summed E-state index contributed by atoms with van der Waals surface area (Å²) in [7, 11) is 0. The van der Waals surface area contributed by atoms with Crippen LogP contribution in [0.25, 0.3) is 0 Å². The maximum atomic E-state index is 10.2. The molecule has 0 aliphatic heterocycles. The second kappa shape index (κ2) is 6.81. The van der Waals surface area contributed by atoms with E-state index in [0.717, 1.165) is 0 Å². The Bertz CT molecular complexity index is 178. The predicted molar refractivity (Wildman–Crippen MR) is 45.1 cm³/mol. The Morgan fingerprint density at radius 2 is 2.18 bits per heavy atom. The number of ether oxygens (including phenoxy) is 1. The van der Waals surface area contributed by atoms with Crippen LogP contribution in [0.1, 0.15) is 6.92 Å². The van der Waals surface area contributed by atoms with Gasteiger partial charge < -0.3 is 4.74 Å². The van der Waals surface area contributed by atoms with E-state index >= 15 is 0 Å². The van der Waals surface area contributed by atoms with Crippen LogP contribution >= 0.6 is 0 Å². The number of hydrogen-bond acceptors (Lipinski definition) is 2. The van der Waals surface area contributed by atoms with Gasteiger partial charge in [-0.05, 0) is 6.08 Å². The molecular weight excluding hydrogens is 140 g/mol. The highest BCUT2D eigenvalue weighted by molar-refractivity contribution is 5.65. The Hall–Kier alpha value is -1.31. The van der Waals surface area contributed by atoms with E-state index in [1.54, 1.807) is 24.3 Å². The highest BCUT2D eigenvalue weighted by atomic mass is 16.5. The van der Waals surface area contributed by atoms with E-state index in [1.807, 2.05) is 6.08 Å². The molecule has 60 valence electrons. The fraction of sp³-hybridized carbons (Fsp3) is 0.222. The van der Waals surface area contributed by atoms with Crippen molar-refractivity contribution >= 4 is 5.97 Å². The highest BCUT2D eigenvalue weighted by Gasteiger charge is 1.84. The van der Waals surface area contributed by atoms with Gasteiger partial charge in [0.2, 0.25) is 0 Å². The van der Waals surface area contributed by atoms with E-state index in [2.05, 4.69) is 11.3 Å². The number of hydrogen-bond donors (Lipinski definition) is 0. The Morgan fingerprint density at radius 3 is 2.73 bits per heavy atom. The van der Waals surface area contributed by atoms with Gasteiger partial charge in [-0.3, -0.25) is 4.79 Å². The normalized spacial score (nSPS) is 10.6. The Balaban J connectivity index is 3.37. The van der Waals surface area contributed by atoms with E-state index in [-0.39, 0.29) is 5.97 Å². The summed E-state index contributed by atoms with van der Waals surface area (Å²) in [4.78, 5) is 10.2. The number of carbonyl (C=O) groups is 1. The number of allylic oxidation sites excluding steroid dienone is 4. The molecule has 0 heterocycles. The fourth-order valence-electron chi connectivity index (χ4n) is 0.442. The minimum atomic E-state index is -0.262. The molecule has 0 aromatic heterocycles. The van der Waals surface area contributed by atoms with Crippen molar-refractivity contribution in [3.8, 4) is 0 Å². The molecule has 0 spiro atoms. The minimum absolute atomic E-state index is 0.262. The zero-order valence-electron chi connectivity index (χ0n) is 6.62. The van der Waals surface area contributed by atoms with Crippen molar-refractivity contribution in [1.82, 2.24) is 0 Å². The molecule has 11 heavy (non-hydrogen) atoms. The SMILES string of the molecule is C=C/C=C\C=C/COC(C)=O. The predicted octanol–water partition coefficient (Wildman–Crippen LogP) is 1.85. The van der Waals surface area contributed by atoms with Crippen molar-refractivity contribution in [2.75, 3.05) is 6.61 Å². The molecule has 0 fully saturated rings. The topological polar surface area (TPSA) is 26.3 Å². The molecule has 0 saturated heterocycles. The van der Waals surface area contributed by atoms with Crippen LogP contribution in [0.2, 0.25) is 0 Å². The molecule has 0 aliphatic rings. The zero-order valence-corrected chi connectivity index (χ0v) is 6.62. The summed E-state index contributed by atoms with van der Waals surface area (Å²) in [6.07, 6.45) is 8.84. The van der Waals surface area contributed by atoms with Crippen molar-refractivity contribution in [1.29, 1.82) is 0 Å². The zero-order chi connectivity index (χ0) is 8.53. The van der Waals surface area contributed by atoms with Gasteiger partial charge in [0.1, 0.15) is 6.61 Å². The van der Waals surface area contributed by atoms with E-state index in [0.29, 0.717) is 6.61 Å². The summed E-state index contributed by atoms with van der Waals surface area (Å²) in [6.45, 7) is 5.21. The monoisotopic (exact) mass is 152 g/mol. The number of carbonyl (C=O) groups excluding carboxylic acids is 1. The van der Waals surface area contributed by atoms with Crippen LogP contribution in [0, 0.1) is 0 Å². The third-order valence-corrected chi connectivity index (χ3v) is 0.877. The highest BCUT2D eigenvalue weighted by Crippen LogP contribution is 1.81. The number of esters is 1. The van der Waals surface area contributed by atoms with E-state index < -0.39 is 0 Å². The molecular formula is C9H12O2. The van der Waals surface area contributed by atoms with E-state index in [9.17, 15) is 4.79 Å². The first kappa shape index (κ1) is 9.69. The van der Waals surface area contributed by atoms with Crippen molar-refractivity contribution < 1.29 is 9.53 Å². The Kier molecular flexibility index (Phi) is 5.99. The van der Waals surface area contributed by atoms with Gasteiger partial charge >= 0.3 is 5.97 Å². The van der Waals surface area contributed by atoms with Crippen molar-refractivity contribution in [2.24, 2.45) is 0 Å². The largest absolute Gasteiger partial charge is 0.462 e. The molecule has 0 unspecified atom stereocenters. The average Bonchev–Trinajstić information content (AvgIpc) is 1.96. The molecule has 0 rings (SSSR count). The molecule has 0 saturated carbocycles. The second-order valence-corrected chi connectivity index (χ2v) is 1.85. The lowest BCUT2D eigenvalue weighted by molar-refractivity contribution is -0.139. The van der Waals surface area contributed by atoms with Crippen molar-refractivity contribution in [2.45, 2.75) is 6.92 Å². The van der Waals surface area contributed by atoms with Gasteiger partial charge in [-0.1, -0.05) is 30.9 Å². The molecule has 2 nitrogen and oxygen atoms in total. The van der Waals surface area contributed by atoms with Crippen molar-refractivity contribution in [3.63, 3.8) is 0 Å². The second-order valence-electron chi connectivity index (χ2n) is 1.85. The number of rotatable bonds is 4. The molecule has 2 heteroatoms. The molecule has 0 N–H and O–H groups in total. The van der Waals surface area contributed by atoms with Gasteiger partial charge in [0.05, 0.1) is 0 Å². The summed E-state index contributed by atoms with van der Waals surface area (Å²) in [6, 6.07) is 0. The maximum absolute atomic E-state index is 10.2. The lowest BCUT2D eigenvalue weighted by Crippen LogP contribution is -1.96. The first-order valence-corrected chi connectivity index (χ1v) is 3.35. The van der Waals surface area contributed by atoms with Crippen LogP contribution < -0.4 is 0 Å². The standard InChI is InChI=1S/C9H12O2/c1-3-4-5-6-7-8-11-9(2)10/h3-7H,1,8H2,2H3/b5-4-,7-6-. The average molecular weight is 152 g/mol. The van der Waals surface area contributed by atoms with Crippen LogP contribution in [-0.2, 0) is 9.53 Å². The van der Waals surface area contributed by atoms with Crippen LogP contribution in [0.5, 0.6) is 0 Å². The molecule has 0 radical (unpaired) electrons. The first-order valence-electron chi connectivity index (χ1n) is 3.35. The van der Waals surface area contributed by atoms with Gasteiger partial charge in [-0.25, -0.2) is 0 Å². The summed E-state index contributed by atoms with van der Waals surface area (Å²) < 4.78 is 4.64. The quantitative estimate of drug-likeness (QED) is 0.454. The minimum Gasteiger partial charge on any atom is -0.462 e. The summed E-state index contributed by atoms with van der Waals surface area (Å²) in [5.41, 5.74) is 0. The summed E-state index contributed by atoms with van der Waals surface area (Å²) >= 11 is 0. The van der Waals surface area contributed by atoms with Crippen LogP contribution in [0.3, 0.4) is 0 Å². The summed E-state index contributed by atoms with van der Waals surface area (Å²) in [5, 5.41) is 0. The third kappa shape index (κ3) is 8.69. The first-order chi connectivity index (χ1) is 5.27. The lowest BCUT2D eigenvalue weighted by Gasteiger charge is -1.92. The van der Waals surface area contributed by atoms with Gasteiger partial charge in [0.25, 0.3) is 0 Å². The fourth-order valence-corrected chi connectivity index (χ4v) is 0.442. The maximum Gasteiger partial charge on any atom is 0.302 e. The smallest absolute Gasteiger partial charge is 0.302 e. The molecule has 0 aromatic rings. The van der Waals surface area contributed by atoms with Crippen LogP contribution in [0.15, 0.2) is 37.0 Å². The van der Waals surface area contributed by atoms with Gasteiger partial charge in [-0.15, -0.1) is 0 Å². The van der Waals surface area contributed by atoms with E-state index in [4.69, 9.17) is 0 Å². The molecule has 0 aromatic carbocycles. The molecule has 0 atom stereocenters. The van der Waals surface area contributed by atoms with Gasteiger partial charge in [0.15, 0.2) is 0 Å². The van der Waals surface area contributed by atoms with Crippen molar-refractivity contribution in [3.05, 3.63) is 37.0 Å². The van der Waals surface area contributed by atoms with Crippen LogP contribution in [0.4, 0.5) is 0 Å². The summed E-state index contributed by atoms with van der Waals surface area (Å²) in [5.74, 6) is -0.262. The molecule has 0 amide bonds. The molecule has 0 aliphatic carbocycles.